The van der Waals surface area contributed by atoms with Gasteiger partial charge in [-0.1, -0.05) is 45.0 Å². The number of carbonyl (C=O) groups excluding carboxylic acids is 2. The molecule has 0 atom stereocenters. The summed E-state index contributed by atoms with van der Waals surface area (Å²) in [5, 5.41) is 2.84. The van der Waals surface area contributed by atoms with Gasteiger partial charge in [0.2, 0.25) is 5.91 Å². The summed E-state index contributed by atoms with van der Waals surface area (Å²) in [5.74, 6) is 0.178. The highest BCUT2D eigenvalue weighted by Gasteiger charge is 2.06. The Morgan fingerprint density at radius 2 is 1.76 bits per heavy atom. The standard InChI is InChI=1S/C14H19NO2/c1-4-13(16)12-7-5-11(6-8-12)9-15-14(17)10(2)3/h5-8,10H,4,9H2,1-3H3,(H,15,17). The number of benzene rings is 1. The van der Waals surface area contributed by atoms with E-state index in [-0.39, 0.29) is 17.6 Å². The Balaban J connectivity index is 2.57. The quantitative estimate of drug-likeness (QED) is 0.794. The third kappa shape index (κ3) is 4.02. The molecule has 3 nitrogen and oxygen atoms in total. The van der Waals surface area contributed by atoms with Gasteiger partial charge in [-0.05, 0) is 5.56 Å². The summed E-state index contributed by atoms with van der Waals surface area (Å²) in [5.41, 5.74) is 1.73. The summed E-state index contributed by atoms with van der Waals surface area (Å²) in [4.78, 5) is 22.8. The van der Waals surface area contributed by atoms with Gasteiger partial charge in [0.1, 0.15) is 0 Å². The third-order valence-corrected chi connectivity index (χ3v) is 2.59. The predicted octanol–water partition coefficient (Wildman–Crippen LogP) is 2.55. The summed E-state index contributed by atoms with van der Waals surface area (Å²) >= 11 is 0. The van der Waals surface area contributed by atoms with Crippen LogP contribution in [0.15, 0.2) is 24.3 Å². The summed E-state index contributed by atoms with van der Waals surface area (Å²) in [7, 11) is 0. The largest absolute Gasteiger partial charge is 0.352 e. The Hall–Kier alpha value is -1.64. The lowest BCUT2D eigenvalue weighted by Crippen LogP contribution is -2.27. The number of rotatable bonds is 5. The van der Waals surface area contributed by atoms with Gasteiger partial charge in [0, 0.05) is 24.4 Å². The van der Waals surface area contributed by atoms with E-state index < -0.39 is 0 Å². The average Bonchev–Trinajstić information content (AvgIpc) is 2.35. The number of amides is 1. The molecule has 0 saturated heterocycles. The molecule has 0 aliphatic carbocycles. The van der Waals surface area contributed by atoms with Crippen LogP contribution < -0.4 is 5.32 Å². The van der Waals surface area contributed by atoms with Gasteiger partial charge in [-0.2, -0.15) is 0 Å². The topological polar surface area (TPSA) is 46.2 Å². The van der Waals surface area contributed by atoms with Crippen molar-refractivity contribution in [3.8, 4) is 0 Å². The number of hydrogen-bond donors (Lipinski definition) is 1. The van der Waals surface area contributed by atoms with Gasteiger partial charge in [-0.25, -0.2) is 0 Å². The molecule has 0 spiro atoms. The van der Waals surface area contributed by atoms with E-state index in [0.29, 0.717) is 13.0 Å². The summed E-state index contributed by atoms with van der Waals surface area (Å²) in [6.07, 6.45) is 0.517. The Morgan fingerprint density at radius 3 is 2.24 bits per heavy atom. The van der Waals surface area contributed by atoms with Crippen molar-refractivity contribution >= 4 is 11.7 Å². The fourth-order valence-electron chi connectivity index (χ4n) is 1.41. The predicted molar refractivity (Wildman–Crippen MR) is 67.7 cm³/mol. The molecule has 0 saturated carbocycles. The first-order valence-corrected chi connectivity index (χ1v) is 5.94. The Bertz CT molecular complexity index is 393. The van der Waals surface area contributed by atoms with Crippen LogP contribution in [-0.2, 0) is 11.3 Å². The molecular weight excluding hydrogens is 214 g/mol. The molecular formula is C14H19NO2. The van der Waals surface area contributed by atoms with E-state index in [9.17, 15) is 9.59 Å². The summed E-state index contributed by atoms with van der Waals surface area (Å²) < 4.78 is 0. The molecule has 3 heteroatoms. The average molecular weight is 233 g/mol. The van der Waals surface area contributed by atoms with Crippen LogP contribution in [-0.4, -0.2) is 11.7 Å². The van der Waals surface area contributed by atoms with Crippen molar-refractivity contribution in [1.29, 1.82) is 0 Å². The fraction of sp³-hybridized carbons (Fsp3) is 0.429. The van der Waals surface area contributed by atoms with Crippen LogP contribution in [0.25, 0.3) is 0 Å². The van der Waals surface area contributed by atoms with E-state index in [1.54, 1.807) is 0 Å². The Morgan fingerprint density at radius 1 is 1.18 bits per heavy atom. The maximum atomic E-state index is 11.4. The van der Waals surface area contributed by atoms with Crippen LogP contribution in [0.5, 0.6) is 0 Å². The first-order chi connectivity index (χ1) is 8.04. The monoisotopic (exact) mass is 233 g/mol. The molecule has 0 heterocycles. The van der Waals surface area contributed by atoms with Gasteiger partial charge < -0.3 is 5.32 Å². The zero-order chi connectivity index (χ0) is 12.8. The van der Waals surface area contributed by atoms with Crippen molar-refractivity contribution < 1.29 is 9.59 Å². The van der Waals surface area contributed by atoms with E-state index in [1.807, 2.05) is 45.0 Å². The van der Waals surface area contributed by atoms with E-state index >= 15 is 0 Å². The molecule has 0 aliphatic rings. The minimum Gasteiger partial charge on any atom is -0.352 e. The Labute approximate surface area is 102 Å². The van der Waals surface area contributed by atoms with E-state index in [0.717, 1.165) is 11.1 Å². The number of hydrogen-bond acceptors (Lipinski definition) is 2. The van der Waals surface area contributed by atoms with Crippen molar-refractivity contribution in [2.75, 3.05) is 0 Å². The van der Waals surface area contributed by atoms with Gasteiger partial charge in [-0.3, -0.25) is 9.59 Å². The summed E-state index contributed by atoms with van der Waals surface area (Å²) in [6.45, 7) is 6.08. The molecule has 0 radical (unpaired) electrons. The number of ketones is 1. The van der Waals surface area contributed by atoms with Gasteiger partial charge in [0.05, 0.1) is 0 Å². The summed E-state index contributed by atoms with van der Waals surface area (Å²) in [6, 6.07) is 7.37. The van der Waals surface area contributed by atoms with Crippen molar-refractivity contribution in [2.24, 2.45) is 5.92 Å². The molecule has 1 N–H and O–H groups in total. The van der Waals surface area contributed by atoms with Gasteiger partial charge in [0.25, 0.3) is 0 Å². The zero-order valence-electron chi connectivity index (χ0n) is 10.6. The number of carbonyl (C=O) groups is 2. The van der Waals surface area contributed by atoms with E-state index in [1.165, 1.54) is 0 Å². The number of nitrogens with one attached hydrogen (secondary N) is 1. The normalized spacial score (nSPS) is 10.4. The van der Waals surface area contributed by atoms with Gasteiger partial charge in [0.15, 0.2) is 5.78 Å². The molecule has 1 rings (SSSR count). The van der Waals surface area contributed by atoms with Crippen LogP contribution in [0.1, 0.15) is 43.1 Å². The SMILES string of the molecule is CCC(=O)c1ccc(CNC(=O)C(C)C)cc1. The van der Waals surface area contributed by atoms with Crippen LogP contribution in [0, 0.1) is 5.92 Å². The maximum absolute atomic E-state index is 11.4. The highest BCUT2D eigenvalue weighted by atomic mass is 16.1. The van der Waals surface area contributed by atoms with Crippen LogP contribution in [0.4, 0.5) is 0 Å². The molecule has 0 fully saturated rings. The second-order valence-corrected chi connectivity index (χ2v) is 4.35. The molecule has 17 heavy (non-hydrogen) atoms. The van der Waals surface area contributed by atoms with Crippen LogP contribution in [0.3, 0.4) is 0 Å². The third-order valence-electron chi connectivity index (χ3n) is 2.59. The van der Waals surface area contributed by atoms with Crippen molar-refractivity contribution in [2.45, 2.75) is 33.7 Å². The Kier molecular flexibility index (Phi) is 4.88. The maximum Gasteiger partial charge on any atom is 0.222 e. The second-order valence-electron chi connectivity index (χ2n) is 4.35. The molecule has 0 bridgehead atoms. The molecule has 0 aromatic heterocycles. The van der Waals surface area contributed by atoms with E-state index in [2.05, 4.69) is 5.32 Å². The lowest BCUT2D eigenvalue weighted by molar-refractivity contribution is -0.124. The second kappa shape index (κ2) is 6.18. The lowest BCUT2D eigenvalue weighted by atomic mass is 10.1. The lowest BCUT2D eigenvalue weighted by Gasteiger charge is -2.08. The molecule has 1 amide bonds. The van der Waals surface area contributed by atoms with Crippen LogP contribution in [0.2, 0.25) is 0 Å². The minimum absolute atomic E-state index is 0.00376. The smallest absolute Gasteiger partial charge is 0.222 e. The molecule has 1 aromatic rings. The first-order valence-electron chi connectivity index (χ1n) is 5.94. The van der Waals surface area contributed by atoms with Gasteiger partial charge >= 0.3 is 0 Å². The molecule has 1 aromatic carbocycles. The van der Waals surface area contributed by atoms with E-state index in [4.69, 9.17) is 0 Å². The fourth-order valence-corrected chi connectivity index (χ4v) is 1.41. The van der Waals surface area contributed by atoms with Crippen molar-refractivity contribution in [3.05, 3.63) is 35.4 Å². The number of Topliss-reactive ketones (excluding diaryl/α,β-unsaturated/α-hetero) is 1. The highest BCUT2D eigenvalue weighted by Crippen LogP contribution is 2.07. The first kappa shape index (κ1) is 13.4. The minimum atomic E-state index is -0.00376. The molecule has 0 aliphatic heterocycles. The van der Waals surface area contributed by atoms with Gasteiger partial charge in [-0.15, -0.1) is 0 Å². The van der Waals surface area contributed by atoms with Crippen LogP contribution >= 0.6 is 0 Å². The molecule has 0 unspecified atom stereocenters. The molecule has 92 valence electrons. The van der Waals surface area contributed by atoms with Crippen molar-refractivity contribution in [1.82, 2.24) is 5.32 Å². The highest BCUT2D eigenvalue weighted by molar-refractivity contribution is 5.95. The van der Waals surface area contributed by atoms with Crippen molar-refractivity contribution in [3.63, 3.8) is 0 Å². The zero-order valence-corrected chi connectivity index (χ0v) is 10.6.